The summed E-state index contributed by atoms with van der Waals surface area (Å²) in [6.45, 7) is 0.827. The van der Waals surface area contributed by atoms with Crippen LogP contribution in [0.2, 0.25) is 5.02 Å². The zero-order chi connectivity index (χ0) is 16.6. The van der Waals surface area contributed by atoms with E-state index in [9.17, 15) is 0 Å². The van der Waals surface area contributed by atoms with E-state index in [1.807, 2.05) is 30.3 Å². The highest BCUT2D eigenvalue weighted by Gasteiger charge is 2.01. The lowest BCUT2D eigenvalue weighted by molar-refractivity contribution is 0.853. The third-order valence-electron chi connectivity index (χ3n) is 3.45. The number of hydrogen-bond donors (Lipinski definition) is 2. The molecule has 5 nitrogen and oxygen atoms in total. The molecule has 0 bridgehead atoms. The SMILES string of the molecule is Clc1ccc(Nc2nncc(NCCCc3ccccc3)n2)cc1. The molecule has 0 saturated carbocycles. The van der Waals surface area contributed by atoms with Gasteiger partial charge >= 0.3 is 0 Å². The van der Waals surface area contributed by atoms with Crippen molar-refractivity contribution in [2.24, 2.45) is 0 Å². The molecule has 0 atom stereocenters. The van der Waals surface area contributed by atoms with E-state index in [2.05, 4.69) is 50.1 Å². The second-order valence-electron chi connectivity index (χ2n) is 5.31. The minimum Gasteiger partial charge on any atom is -0.369 e. The Balaban J connectivity index is 1.50. The molecule has 6 heteroatoms. The lowest BCUT2D eigenvalue weighted by atomic mass is 10.1. The Morgan fingerprint density at radius 3 is 2.54 bits per heavy atom. The van der Waals surface area contributed by atoms with Crippen molar-refractivity contribution in [2.75, 3.05) is 17.2 Å². The lowest BCUT2D eigenvalue weighted by Crippen LogP contribution is -2.07. The lowest BCUT2D eigenvalue weighted by Gasteiger charge is -2.08. The monoisotopic (exact) mass is 339 g/mol. The summed E-state index contributed by atoms with van der Waals surface area (Å²) in [5.74, 6) is 1.15. The van der Waals surface area contributed by atoms with Gasteiger partial charge in [0.05, 0.1) is 6.20 Å². The minimum atomic E-state index is 0.449. The standard InChI is InChI=1S/C18H18ClN5/c19-15-8-10-16(11-9-15)22-18-23-17(13-21-24-18)20-12-4-7-14-5-2-1-3-6-14/h1-3,5-6,8-11,13H,4,7,12H2,(H2,20,22,23,24). The maximum Gasteiger partial charge on any atom is 0.249 e. The molecule has 0 radical (unpaired) electrons. The van der Waals surface area contributed by atoms with Crippen LogP contribution in [0.1, 0.15) is 12.0 Å². The zero-order valence-electron chi connectivity index (χ0n) is 13.1. The predicted octanol–water partition coefficient (Wildman–Crippen LogP) is 4.31. The van der Waals surface area contributed by atoms with Gasteiger partial charge < -0.3 is 10.6 Å². The maximum atomic E-state index is 5.87. The van der Waals surface area contributed by atoms with Crippen LogP contribution in [0.5, 0.6) is 0 Å². The van der Waals surface area contributed by atoms with E-state index in [1.54, 1.807) is 6.20 Å². The van der Waals surface area contributed by atoms with E-state index in [-0.39, 0.29) is 0 Å². The van der Waals surface area contributed by atoms with Gasteiger partial charge in [0.2, 0.25) is 5.95 Å². The molecule has 1 aromatic heterocycles. The molecule has 1 heterocycles. The van der Waals surface area contributed by atoms with Crippen molar-refractivity contribution in [1.82, 2.24) is 15.2 Å². The first-order valence-electron chi connectivity index (χ1n) is 7.80. The second kappa shape index (κ2) is 8.26. The topological polar surface area (TPSA) is 62.7 Å². The molecule has 0 unspecified atom stereocenters. The van der Waals surface area contributed by atoms with Gasteiger partial charge in [-0.05, 0) is 42.7 Å². The molecular formula is C18H18ClN5. The number of aromatic nitrogens is 3. The Bertz CT molecular complexity index is 762. The van der Waals surface area contributed by atoms with Crippen molar-refractivity contribution >= 4 is 29.1 Å². The van der Waals surface area contributed by atoms with Crippen molar-refractivity contribution in [1.29, 1.82) is 0 Å². The minimum absolute atomic E-state index is 0.449. The fourth-order valence-electron chi connectivity index (χ4n) is 2.26. The Morgan fingerprint density at radius 1 is 0.958 bits per heavy atom. The van der Waals surface area contributed by atoms with Crippen LogP contribution < -0.4 is 10.6 Å². The second-order valence-corrected chi connectivity index (χ2v) is 5.75. The number of aryl methyl sites for hydroxylation is 1. The van der Waals surface area contributed by atoms with Gasteiger partial charge in [-0.15, -0.1) is 5.10 Å². The smallest absolute Gasteiger partial charge is 0.249 e. The van der Waals surface area contributed by atoms with E-state index in [1.165, 1.54) is 5.56 Å². The van der Waals surface area contributed by atoms with Crippen LogP contribution in [0.25, 0.3) is 0 Å². The van der Waals surface area contributed by atoms with Gasteiger partial charge in [-0.2, -0.15) is 10.1 Å². The van der Waals surface area contributed by atoms with Crippen molar-refractivity contribution in [3.8, 4) is 0 Å². The summed E-state index contributed by atoms with van der Waals surface area (Å²) >= 11 is 5.87. The van der Waals surface area contributed by atoms with E-state index in [0.29, 0.717) is 16.8 Å². The van der Waals surface area contributed by atoms with E-state index in [0.717, 1.165) is 25.1 Å². The Hall–Kier alpha value is -2.66. The van der Waals surface area contributed by atoms with Crippen molar-refractivity contribution in [3.63, 3.8) is 0 Å². The molecule has 2 aromatic carbocycles. The molecule has 0 fully saturated rings. The molecule has 0 aliphatic carbocycles. The number of benzene rings is 2. The van der Waals surface area contributed by atoms with Gasteiger partial charge in [-0.3, -0.25) is 0 Å². The van der Waals surface area contributed by atoms with Gasteiger partial charge in [0, 0.05) is 17.3 Å². The first-order valence-corrected chi connectivity index (χ1v) is 8.17. The maximum absolute atomic E-state index is 5.87. The van der Waals surface area contributed by atoms with Gasteiger partial charge in [-0.1, -0.05) is 41.9 Å². The van der Waals surface area contributed by atoms with E-state index >= 15 is 0 Å². The molecule has 24 heavy (non-hydrogen) atoms. The highest BCUT2D eigenvalue weighted by atomic mass is 35.5. The summed E-state index contributed by atoms with van der Waals surface area (Å²) in [5.41, 5.74) is 2.20. The van der Waals surface area contributed by atoms with Gasteiger partial charge in [-0.25, -0.2) is 0 Å². The van der Waals surface area contributed by atoms with Crippen LogP contribution in [0.4, 0.5) is 17.5 Å². The molecule has 3 aromatic rings. The number of nitrogens with zero attached hydrogens (tertiary/aromatic N) is 3. The molecular weight excluding hydrogens is 322 g/mol. The molecule has 122 valence electrons. The van der Waals surface area contributed by atoms with Crippen LogP contribution in [-0.2, 0) is 6.42 Å². The van der Waals surface area contributed by atoms with Gasteiger partial charge in [0.1, 0.15) is 0 Å². The fraction of sp³-hybridized carbons (Fsp3) is 0.167. The molecule has 2 N–H and O–H groups in total. The molecule has 0 aliphatic rings. The van der Waals surface area contributed by atoms with Crippen LogP contribution in [0.15, 0.2) is 60.8 Å². The Kier molecular flexibility index (Phi) is 5.58. The third-order valence-corrected chi connectivity index (χ3v) is 3.70. The molecule has 3 rings (SSSR count). The average Bonchev–Trinajstić information content (AvgIpc) is 2.62. The summed E-state index contributed by atoms with van der Waals surface area (Å²) in [6.07, 6.45) is 3.67. The molecule has 0 aliphatic heterocycles. The number of halogens is 1. The Labute approximate surface area is 146 Å². The van der Waals surface area contributed by atoms with Crippen LogP contribution in [0.3, 0.4) is 0 Å². The van der Waals surface area contributed by atoms with E-state index < -0.39 is 0 Å². The summed E-state index contributed by atoms with van der Waals surface area (Å²) in [6, 6.07) is 17.8. The van der Waals surface area contributed by atoms with Crippen LogP contribution in [-0.4, -0.2) is 21.7 Å². The Morgan fingerprint density at radius 2 is 1.75 bits per heavy atom. The highest BCUT2D eigenvalue weighted by molar-refractivity contribution is 6.30. The van der Waals surface area contributed by atoms with Crippen molar-refractivity contribution in [2.45, 2.75) is 12.8 Å². The summed E-state index contributed by atoms with van der Waals surface area (Å²) in [5, 5.41) is 15.0. The zero-order valence-corrected chi connectivity index (χ0v) is 13.9. The van der Waals surface area contributed by atoms with Crippen molar-refractivity contribution < 1.29 is 0 Å². The average molecular weight is 340 g/mol. The molecule has 0 amide bonds. The van der Waals surface area contributed by atoms with Crippen molar-refractivity contribution in [3.05, 3.63) is 71.4 Å². The van der Waals surface area contributed by atoms with Crippen LogP contribution in [0, 0.1) is 0 Å². The first-order chi connectivity index (χ1) is 11.8. The third kappa shape index (κ3) is 4.93. The highest BCUT2D eigenvalue weighted by Crippen LogP contribution is 2.16. The number of anilines is 3. The largest absolute Gasteiger partial charge is 0.369 e. The van der Waals surface area contributed by atoms with Gasteiger partial charge in [0.25, 0.3) is 0 Å². The summed E-state index contributed by atoms with van der Waals surface area (Å²) < 4.78 is 0. The van der Waals surface area contributed by atoms with Crippen LogP contribution >= 0.6 is 11.6 Å². The summed E-state index contributed by atoms with van der Waals surface area (Å²) in [7, 11) is 0. The van der Waals surface area contributed by atoms with E-state index in [4.69, 9.17) is 11.6 Å². The number of nitrogens with one attached hydrogen (secondary N) is 2. The van der Waals surface area contributed by atoms with Gasteiger partial charge in [0.15, 0.2) is 5.82 Å². The molecule has 0 saturated heterocycles. The normalized spacial score (nSPS) is 10.4. The molecule has 0 spiro atoms. The summed E-state index contributed by atoms with van der Waals surface area (Å²) in [4.78, 5) is 4.41. The quantitative estimate of drug-likeness (QED) is 0.628. The number of rotatable bonds is 7. The fourth-order valence-corrected chi connectivity index (χ4v) is 2.38. The number of hydrogen-bond acceptors (Lipinski definition) is 5. The predicted molar refractivity (Wildman–Crippen MR) is 97.8 cm³/mol. The first kappa shape index (κ1) is 16.2.